The molecular formula is C13H9BrClF2N7O2S2. The molecule has 2 unspecified atom stereocenters. The number of thioether (sulfide) groups is 1. The number of nitro groups is 1. The Bertz CT molecular complexity index is 1040. The molecule has 2 heterocycles. The topological polar surface area (TPSA) is 136 Å². The Balaban J connectivity index is 2.12. The number of aromatic nitrogens is 4. The number of aromatic amines is 1. The first-order valence-corrected chi connectivity index (χ1v) is 9.96. The molecule has 3 rings (SSSR count). The molecule has 0 bridgehead atoms. The lowest BCUT2D eigenvalue weighted by Crippen LogP contribution is -2.35. The molecule has 15 heteroatoms. The summed E-state index contributed by atoms with van der Waals surface area (Å²) in [7, 11) is 0. The van der Waals surface area contributed by atoms with Crippen LogP contribution in [0.1, 0.15) is 5.82 Å². The average Bonchev–Trinajstić information content (AvgIpc) is 3.03. The van der Waals surface area contributed by atoms with Gasteiger partial charge in [0, 0.05) is 0 Å². The normalized spacial score (nSPS) is 15.8. The van der Waals surface area contributed by atoms with E-state index in [1.165, 1.54) is 24.5 Å². The monoisotopic (exact) mass is 511 g/mol. The number of anilines is 2. The van der Waals surface area contributed by atoms with Crippen molar-refractivity contribution in [2.24, 2.45) is 5.73 Å². The molecule has 1 aromatic carbocycles. The quantitative estimate of drug-likeness (QED) is 0.140. The van der Waals surface area contributed by atoms with Gasteiger partial charge in [-0.2, -0.15) is 0 Å². The standard InChI is InChI=1S/C13H9BrClF2N7O2S2/c14-13(15,17)27-12(18,28-24(25)26)11-22-9-8(19-5-20-9)10(23-11)21-7-4-2-1-3-6(7)16/h1-5H,18H2,(H2,19,20,21,22,23). The SMILES string of the molecule is NC(S[N+](=O)[O-])(SC(F)(Cl)Br)c1nc(Nc2ccccc2F)c2[nH]cnc2n1. The number of imidazole rings is 1. The van der Waals surface area contributed by atoms with Crippen LogP contribution in [-0.2, 0) is 4.20 Å². The van der Waals surface area contributed by atoms with Crippen molar-refractivity contribution in [2.75, 3.05) is 5.32 Å². The van der Waals surface area contributed by atoms with E-state index in [0.717, 1.165) is 0 Å². The number of alkyl halides is 3. The van der Waals surface area contributed by atoms with Crippen LogP contribution in [0.4, 0.5) is 20.3 Å². The van der Waals surface area contributed by atoms with Gasteiger partial charge in [0.2, 0.25) is 4.20 Å². The van der Waals surface area contributed by atoms with Crippen molar-refractivity contribution in [2.45, 2.75) is 7.57 Å². The van der Waals surface area contributed by atoms with E-state index in [2.05, 4.69) is 41.2 Å². The molecule has 0 radical (unpaired) electrons. The van der Waals surface area contributed by atoms with Crippen molar-refractivity contribution in [3.63, 3.8) is 0 Å². The Morgan fingerprint density at radius 3 is 2.75 bits per heavy atom. The smallest absolute Gasteiger partial charge is 0.287 e. The molecule has 0 aliphatic carbocycles. The molecule has 4 N–H and O–H groups in total. The van der Waals surface area contributed by atoms with E-state index < -0.39 is 17.7 Å². The molecule has 0 amide bonds. The number of para-hydroxylation sites is 1. The second-order valence-electron chi connectivity index (χ2n) is 5.13. The number of benzene rings is 1. The predicted octanol–water partition coefficient (Wildman–Crippen LogP) is 4.18. The van der Waals surface area contributed by atoms with E-state index in [0.29, 0.717) is 5.52 Å². The van der Waals surface area contributed by atoms with E-state index in [9.17, 15) is 18.9 Å². The number of nitrogens with two attached hydrogens (primary N) is 1. The molecule has 9 nitrogen and oxygen atoms in total. The molecule has 148 valence electrons. The third-order valence-corrected chi connectivity index (χ3v) is 5.71. The number of H-pyrrole nitrogens is 1. The number of rotatable bonds is 7. The lowest BCUT2D eigenvalue weighted by Gasteiger charge is -2.24. The van der Waals surface area contributed by atoms with Crippen LogP contribution >= 0.6 is 51.2 Å². The number of nitrogens with one attached hydrogen (secondary N) is 2. The summed E-state index contributed by atoms with van der Waals surface area (Å²) in [6.07, 6.45) is 1.30. The molecule has 0 fully saturated rings. The third-order valence-electron chi connectivity index (χ3n) is 3.20. The van der Waals surface area contributed by atoms with Gasteiger partial charge in [-0.25, -0.2) is 23.7 Å². The van der Waals surface area contributed by atoms with Crippen LogP contribution < -0.4 is 11.1 Å². The molecule has 2 atom stereocenters. The number of halogens is 4. The summed E-state index contributed by atoms with van der Waals surface area (Å²) in [4.78, 5) is 26.0. The average molecular weight is 513 g/mol. The highest BCUT2D eigenvalue weighted by Crippen LogP contribution is 2.52. The van der Waals surface area contributed by atoms with Gasteiger partial charge in [0.1, 0.15) is 15.7 Å². The number of hydrogen-bond donors (Lipinski definition) is 3. The maximum Gasteiger partial charge on any atom is 0.287 e. The zero-order chi connectivity index (χ0) is 20.5. The molecule has 0 saturated heterocycles. The molecule has 0 spiro atoms. The second-order valence-corrected chi connectivity index (χ2v) is 10.7. The highest BCUT2D eigenvalue weighted by atomic mass is 79.9. The largest absolute Gasteiger partial charge is 0.340 e. The zero-order valence-corrected chi connectivity index (χ0v) is 17.4. The van der Waals surface area contributed by atoms with E-state index in [1.807, 2.05) is 0 Å². The fraction of sp³-hybridized carbons (Fsp3) is 0.154. The van der Waals surface area contributed by atoms with Gasteiger partial charge < -0.3 is 10.3 Å². The van der Waals surface area contributed by atoms with Crippen molar-refractivity contribution in [1.29, 1.82) is 0 Å². The highest BCUT2D eigenvalue weighted by Gasteiger charge is 2.48. The Hall–Kier alpha value is -1.74. The molecule has 28 heavy (non-hydrogen) atoms. The Morgan fingerprint density at radius 1 is 1.39 bits per heavy atom. The number of fused-ring (bicyclic) bond motifs is 1. The van der Waals surface area contributed by atoms with E-state index in [1.54, 1.807) is 6.07 Å². The lowest BCUT2D eigenvalue weighted by atomic mass is 10.3. The summed E-state index contributed by atoms with van der Waals surface area (Å²) in [5.74, 6) is -0.872. The highest BCUT2D eigenvalue weighted by molar-refractivity contribution is 9.12. The van der Waals surface area contributed by atoms with Gasteiger partial charge in [0.15, 0.2) is 17.3 Å². The number of nitrogens with zero attached hydrogens (tertiary/aromatic N) is 4. The summed E-state index contributed by atoms with van der Waals surface area (Å²) in [5.41, 5.74) is 6.48. The van der Waals surface area contributed by atoms with Gasteiger partial charge in [-0.05, 0) is 39.8 Å². The summed E-state index contributed by atoms with van der Waals surface area (Å²) < 4.78 is 22.4. The maximum absolute atomic E-state index is 14.0. The molecule has 2 aromatic heterocycles. The maximum atomic E-state index is 14.0. The first kappa shape index (κ1) is 21.0. The van der Waals surface area contributed by atoms with Crippen molar-refractivity contribution in [3.05, 3.63) is 52.3 Å². The Morgan fingerprint density at radius 2 is 2.11 bits per heavy atom. The van der Waals surface area contributed by atoms with Crippen molar-refractivity contribution >= 4 is 73.9 Å². The van der Waals surface area contributed by atoms with Crippen molar-refractivity contribution < 1.29 is 13.1 Å². The van der Waals surface area contributed by atoms with Crippen LogP contribution in [0.2, 0.25) is 0 Å². The van der Waals surface area contributed by atoms with Crippen LogP contribution in [0.3, 0.4) is 0 Å². The number of hydrogen-bond acceptors (Lipinski definition) is 9. The van der Waals surface area contributed by atoms with Crippen LogP contribution in [0, 0.1) is 15.9 Å². The Labute approximate surface area is 177 Å². The lowest BCUT2D eigenvalue weighted by molar-refractivity contribution is -0.285. The summed E-state index contributed by atoms with van der Waals surface area (Å²) >= 11 is 8.14. The van der Waals surface area contributed by atoms with Crippen LogP contribution in [-0.4, -0.2) is 27.6 Å². The van der Waals surface area contributed by atoms with Gasteiger partial charge in [0.25, 0.3) is 15.3 Å². The molecule has 3 aromatic rings. The van der Waals surface area contributed by atoms with Crippen molar-refractivity contribution in [3.8, 4) is 0 Å². The summed E-state index contributed by atoms with van der Waals surface area (Å²) in [5, 5.41) is 13.8. The first-order chi connectivity index (χ1) is 13.1. The Kier molecular flexibility index (Phi) is 5.95. The van der Waals surface area contributed by atoms with Gasteiger partial charge in [-0.3, -0.25) is 15.8 Å². The van der Waals surface area contributed by atoms with E-state index in [4.69, 9.17) is 17.3 Å². The van der Waals surface area contributed by atoms with Gasteiger partial charge in [-0.15, -0.1) is 0 Å². The van der Waals surface area contributed by atoms with Gasteiger partial charge in [0.05, 0.1) is 12.0 Å². The molecule has 0 aliphatic heterocycles. The first-order valence-electron chi connectivity index (χ1n) is 7.20. The van der Waals surface area contributed by atoms with Gasteiger partial charge in [-0.1, -0.05) is 23.7 Å². The van der Waals surface area contributed by atoms with Crippen molar-refractivity contribution in [1.82, 2.24) is 19.9 Å². The second kappa shape index (κ2) is 7.94. The molecule has 0 saturated carbocycles. The predicted molar refractivity (Wildman–Crippen MR) is 108 cm³/mol. The minimum atomic E-state index is -2.63. The molecular weight excluding hydrogens is 504 g/mol. The van der Waals surface area contributed by atoms with Gasteiger partial charge >= 0.3 is 0 Å². The minimum absolute atomic E-state index is 0.0376. The van der Waals surface area contributed by atoms with Crippen LogP contribution in [0.5, 0.6) is 0 Å². The molecule has 0 aliphatic rings. The minimum Gasteiger partial charge on any atom is -0.340 e. The fourth-order valence-electron chi connectivity index (χ4n) is 2.16. The van der Waals surface area contributed by atoms with Crippen LogP contribution in [0.15, 0.2) is 30.6 Å². The van der Waals surface area contributed by atoms with E-state index >= 15 is 0 Å². The van der Waals surface area contributed by atoms with Crippen LogP contribution in [0.25, 0.3) is 11.2 Å². The van der Waals surface area contributed by atoms with E-state index in [-0.39, 0.29) is 46.7 Å². The summed E-state index contributed by atoms with van der Waals surface area (Å²) in [6, 6.07) is 5.79. The zero-order valence-electron chi connectivity index (χ0n) is 13.4. The fourth-order valence-corrected chi connectivity index (χ4v) is 5.34. The summed E-state index contributed by atoms with van der Waals surface area (Å²) in [6.45, 7) is 0. The third kappa shape index (κ3) is 4.81.